The molecule has 194 valence electrons. The number of likely N-dealkylation sites (tertiary alicyclic amines) is 1. The minimum absolute atomic E-state index is 0.133. The second-order valence-electron chi connectivity index (χ2n) is 9.95. The quantitative estimate of drug-likeness (QED) is 0.325. The number of hydrogen-bond donors (Lipinski definition) is 0. The van der Waals surface area contributed by atoms with E-state index in [2.05, 4.69) is 20.5 Å². The molecule has 0 amide bonds. The van der Waals surface area contributed by atoms with Crippen LogP contribution in [-0.4, -0.2) is 56.3 Å². The van der Waals surface area contributed by atoms with Gasteiger partial charge >= 0.3 is 0 Å². The summed E-state index contributed by atoms with van der Waals surface area (Å²) in [6.45, 7) is 4.15. The molecule has 5 heterocycles. The van der Waals surface area contributed by atoms with Crippen molar-refractivity contribution in [3.05, 3.63) is 82.5 Å². The van der Waals surface area contributed by atoms with Gasteiger partial charge in [-0.05, 0) is 43.0 Å². The lowest BCUT2D eigenvalue weighted by molar-refractivity contribution is -0.0592. The Morgan fingerprint density at radius 1 is 1.08 bits per heavy atom. The summed E-state index contributed by atoms with van der Waals surface area (Å²) in [6, 6.07) is 17.7. The molecule has 0 bridgehead atoms. The van der Waals surface area contributed by atoms with Crippen LogP contribution in [0.1, 0.15) is 42.0 Å². The third-order valence-electron chi connectivity index (χ3n) is 7.27. The average Bonchev–Trinajstić information content (AvgIpc) is 3.24. The van der Waals surface area contributed by atoms with Gasteiger partial charge in [0.25, 0.3) is 0 Å². The first-order valence-corrected chi connectivity index (χ1v) is 13.5. The van der Waals surface area contributed by atoms with E-state index < -0.39 is 0 Å². The molecule has 0 spiro atoms. The van der Waals surface area contributed by atoms with E-state index in [0.29, 0.717) is 11.6 Å². The Kier molecular flexibility index (Phi) is 7.23. The molecule has 0 N–H and O–H groups in total. The molecule has 0 saturated carbocycles. The summed E-state index contributed by atoms with van der Waals surface area (Å²) in [5.41, 5.74) is 4.30. The van der Waals surface area contributed by atoms with Crippen molar-refractivity contribution in [1.82, 2.24) is 24.4 Å². The van der Waals surface area contributed by atoms with Gasteiger partial charge in [-0.2, -0.15) is 5.26 Å². The summed E-state index contributed by atoms with van der Waals surface area (Å²) >= 11 is 6.01. The fourth-order valence-electron chi connectivity index (χ4n) is 5.08. The van der Waals surface area contributed by atoms with E-state index in [1.807, 2.05) is 42.5 Å². The standard InChI is InChI=1S/C29H29ClN6O2/c30-21-6-4-20(5-7-21)14-22-2-1-3-29(33-22)38-24-8-11-35(12-9-24)19-28-34-26-15-23(16-31)32-17-27(26)36(28)18-25-10-13-37-25/h1-7,15,17,24-25H,8-14,18-19H2/t25-/m0/s1. The molecule has 9 heteroatoms. The molecule has 0 aliphatic carbocycles. The number of nitriles is 1. The van der Waals surface area contributed by atoms with Gasteiger partial charge in [0, 0.05) is 49.0 Å². The Morgan fingerprint density at radius 2 is 1.89 bits per heavy atom. The summed E-state index contributed by atoms with van der Waals surface area (Å²) in [6.07, 6.45) is 5.76. The van der Waals surface area contributed by atoms with Crippen LogP contribution in [-0.2, 0) is 24.2 Å². The molecule has 4 aromatic rings. The van der Waals surface area contributed by atoms with Crippen LogP contribution < -0.4 is 4.74 Å². The molecule has 38 heavy (non-hydrogen) atoms. The van der Waals surface area contributed by atoms with Crippen molar-refractivity contribution in [3.63, 3.8) is 0 Å². The maximum absolute atomic E-state index is 9.25. The van der Waals surface area contributed by atoms with Gasteiger partial charge in [-0.15, -0.1) is 0 Å². The van der Waals surface area contributed by atoms with Crippen molar-refractivity contribution in [2.45, 2.75) is 51.0 Å². The van der Waals surface area contributed by atoms with Gasteiger partial charge in [0.2, 0.25) is 5.88 Å². The van der Waals surface area contributed by atoms with E-state index in [0.717, 1.165) is 86.0 Å². The molecule has 0 unspecified atom stereocenters. The van der Waals surface area contributed by atoms with E-state index >= 15 is 0 Å². The zero-order valence-corrected chi connectivity index (χ0v) is 21.8. The Hall–Kier alpha value is -3.51. The first-order valence-electron chi connectivity index (χ1n) is 13.1. The molecular formula is C29H29ClN6O2. The molecule has 8 nitrogen and oxygen atoms in total. The molecule has 2 saturated heterocycles. The Morgan fingerprint density at radius 3 is 2.63 bits per heavy atom. The zero-order valence-electron chi connectivity index (χ0n) is 21.1. The summed E-state index contributed by atoms with van der Waals surface area (Å²) in [5, 5.41) is 9.99. The molecule has 1 aromatic carbocycles. The number of piperidine rings is 1. The predicted octanol–water partition coefficient (Wildman–Crippen LogP) is 4.77. The predicted molar refractivity (Wildman–Crippen MR) is 144 cm³/mol. The first kappa shape index (κ1) is 24.8. The highest BCUT2D eigenvalue weighted by molar-refractivity contribution is 6.30. The fraction of sp³-hybridized carbons (Fsp3) is 0.379. The number of rotatable bonds is 8. The van der Waals surface area contributed by atoms with Crippen LogP contribution >= 0.6 is 11.6 Å². The van der Waals surface area contributed by atoms with E-state index in [-0.39, 0.29) is 12.2 Å². The number of halogens is 1. The van der Waals surface area contributed by atoms with Crippen LogP contribution in [0.15, 0.2) is 54.7 Å². The monoisotopic (exact) mass is 528 g/mol. The average molecular weight is 529 g/mol. The molecule has 0 radical (unpaired) electrons. The molecule has 2 aliphatic heterocycles. The van der Waals surface area contributed by atoms with Crippen LogP contribution in [0.3, 0.4) is 0 Å². The minimum Gasteiger partial charge on any atom is -0.474 e. The Balaban J connectivity index is 1.08. The number of pyridine rings is 2. The van der Waals surface area contributed by atoms with Gasteiger partial charge in [0.1, 0.15) is 23.7 Å². The lowest BCUT2D eigenvalue weighted by Gasteiger charge is -2.32. The second kappa shape index (κ2) is 11.1. The second-order valence-corrected chi connectivity index (χ2v) is 10.4. The van der Waals surface area contributed by atoms with E-state index in [4.69, 9.17) is 31.0 Å². The third-order valence-corrected chi connectivity index (χ3v) is 7.53. The highest BCUT2D eigenvalue weighted by Gasteiger charge is 2.25. The zero-order chi connectivity index (χ0) is 25.9. The summed E-state index contributed by atoms with van der Waals surface area (Å²) in [5.74, 6) is 1.67. The highest BCUT2D eigenvalue weighted by atomic mass is 35.5. The number of aromatic nitrogens is 4. The number of benzene rings is 1. The molecular weight excluding hydrogens is 500 g/mol. The van der Waals surface area contributed by atoms with Gasteiger partial charge in [0.15, 0.2) is 0 Å². The lowest BCUT2D eigenvalue weighted by atomic mass is 10.1. The highest BCUT2D eigenvalue weighted by Crippen LogP contribution is 2.24. The van der Waals surface area contributed by atoms with Gasteiger partial charge in [0.05, 0.1) is 36.4 Å². The van der Waals surface area contributed by atoms with Crippen LogP contribution in [0, 0.1) is 11.3 Å². The third kappa shape index (κ3) is 5.65. The molecule has 2 aliphatic rings. The molecule has 6 rings (SSSR count). The maximum Gasteiger partial charge on any atom is 0.213 e. The maximum atomic E-state index is 9.25. The summed E-state index contributed by atoms with van der Waals surface area (Å²) in [4.78, 5) is 16.3. The van der Waals surface area contributed by atoms with Crippen LogP contribution in [0.5, 0.6) is 5.88 Å². The first-order chi connectivity index (χ1) is 18.6. The van der Waals surface area contributed by atoms with Crippen molar-refractivity contribution >= 4 is 22.6 Å². The number of ether oxygens (including phenoxy) is 2. The Labute approximate surface area is 226 Å². The van der Waals surface area contributed by atoms with Crippen molar-refractivity contribution in [1.29, 1.82) is 5.26 Å². The van der Waals surface area contributed by atoms with Gasteiger partial charge in [-0.1, -0.05) is 29.8 Å². The normalized spacial score (nSPS) is 18.3. The van der Waals surface area contributed by atoms with Crippen molar-refractivity contribution in [2.75, 3.05) is 19.7 Å². The smallest absolute Gasteiger partial charge is 0.213 e. The van der Waals surface area contributed by atoms with E-state index in [9.17, 15) is 5.26 Å². The lowest BCUT2D eigenvalue weighted by Crippen LogP contribution is -2.39. The largest absolute Gasteiger partial charge is 0.474 e. The van der Waals surface area contributed by atoms with E-state index in [1.54, 1.807) is 12.3 Å². The fourth-order valence-corrected chi connectivity index (χ4v) is 5.21. The SMILES string of the molecule is N#Cc1cc2nc(CN3CCC(Oc4cccc(Cc5ccc(Cl)cc5)n4)CC3)n(C[C@@H]3CCO3)c2cn1. The number of fused-ring (bicyclic) bond motifs is 1. The Bertz CT molecular complexity index is 1450. The van der Waals surface area contributed by atoms with Crippen LogP contribution in [0.2, 0.25) is 5.02 Å². The van der Waals surface area contributed by atoms with Crippen LogP contribution in [0.4, 0.5) is 0 Å². The van der Waals surface area contributed by atoms with Gasteiger partial charge in [-0.25, -0.2) is 15.0 Å². The minimum atomic E-state index is 0.133. The van der Waals surface area contributed by atoms with Crippen molar-refractivity contribution < 1.29 is 9.47 Å². The molecule has 3 aromatic heterocycles. The summed E-state index contributed by atoms with van der Waals surface area (Å²) < 4.78 is 14.2. The van der Waals surface area contributed by atoms with Gasteiger partial charge in [-0.3, -0.25) is 4.90 Å². The topological polar surface area (TPSA) is 89.1 Å². The van der Waals surface area contributed by atoms with E-state index in [1.165, 1.54) is 5.56 Å². The van der Waals surface area contributed by atoms with Gasteiger partial charge < -0.3 is 14.0 Å². The van der Waals surface area contributed by atoms with Crippen molar-refractivity contribution in [3.8, 4) is 11.9 Å². The molecule has 1 atom stereocenters. The van der Waals surface area contributed by atoms with Crippen LogP contribution in [0.25, 0.3) is 11.0 Å². The number of nitrogens with zero attached hydrogens (tertiary/aromatic N) is 6. The number of imidazole rings is 1. The van der Waals surface area contributed by atoms with Crippen molar-refractivity contribution in [2.24, 2.45) is 0 Å². The summed E-state index contributed by atoms with van der Waals surface area (Å²) in [7, 11) is 0. The number of hydrogen-bond acceptors (Lipinski definition) is 7. The molecule has 2 fully saturated rings.